The number of benzene rings is 1. The predicted octanol–water partition coefficient (Wildman–Crippen LogP) is 3.37. The summed E-state index contributed by atoms with van der Waals surface area (Å²) in [6, 6.07) is 9.67. The Morgan fingerprint density at radius 2 is 1.86 bits per heavy atom. The van der Waals surface area contributed by atoms with E-state index in [9.17, 15) is 9.59 Å². The molecule has 0 heterocycles. The topological polar surface area (TPSA) is 55.4 Å². The van der Waals surface area contributed by atoms with Crippen molar-refractivity contribution in [3.63, 3.8) is 0 Å². The Kier molecular flexibility index (Phi) is 9.42. The zero-order chi connectivity index (χ0) is 16.0. The fourth-order valence-corrected chi connectivity index (χ4v) is 1.83. The first-order valence-corrected chi connectivity index (χ1v) is 7.83. The lowest BCUT2D eigenvalue weighted by Crippen LogP contribution is -2.22. The third-order valence-electron chi connectivity index (χ3n) is 3.12. The molecule has 1 amide bonds. The summed E-state index contributed by atoms with van der Waals surface area (Å²) in [6.45, 7) is 2.84. The minimum atomic E-state index is -0.160. The lowest BCUT2D eigenvalue weighted by molar-refractivity contribution is -0.145. The molecule has 0 fully saturated rings. The minimum absolute atomic E-state index is 0.0783. The fourth-order valence-electron chi connectivity index (χ4n) is 1.83. The molecule has 1 aromatic rings. The molecule has 1 N–H and O–H groups in total. The first kappa shape index (κ1) is 18.0. The smallest absolute Gasteiger partial charge is 0.306 e. The van der Waals surface area contributed by atoms with Crippen LogP contribution >= 0.6 is 0 Å². The van der Waals surface area contributed by atoms with Crippen molar-refractivity contribution in [3.05, 3.63) is 48.0 Å². The van der Waals surface area contributed by atoms with Crippen molar-refractivity contribution in [2.24, 2.45) is 0 Å². The van der Waals surface area contributed by atoms with Gasteiger partial charge in [-0.2, -0.15) is 0 Å². The highest BCUT2D eigenvalue weighted by atomic mass is 16.5. The van der Waals surface area contributed by atoms with Crippen LogP contribution in [0, 0.1) is 0 Å². The summed E-state index contributed by atoms with van der Waals surface area (Å²) in [7, 11) is 0. The first-order valence-electron chi connectivity index (χ1n) is 7.83. The van der Waals surface area contributed by atoms with Gasteiger partial charge in [-0.15, -0.1) is 0 Å². The Morgan fingerprint density at radius 1 is 1.14 bits per heavy atom. The largest absolute Gasteiger partial charge is 0.461 e. The molecular weight excluding hydrogens is 278 g/mol. The van der Waals surface area contributed by atoms with Crippen molar-refractivity contribution < 1.29 is 14.3 Å². The Hall–Kier alpha value is -2.10. The molecule has 0 bridgehead atoms. The maximum Gasteiger partial charge on any atom is 0.306 e. The highest BCUT2D eigenvalue weighted by Gasteiger charge is 2.02. The third-order valence-corrected chi connectivity index (χ3v) is 3.12. The van der Waals surface area contributed by atoms with E-state index in [0.29, 0.717) is 26.0 Å². The molecule has 4 heteroatoms. The quantitative estimate of drug-likeness (QED) is 0.409. The molecule has 0 aliphatic rings. The monoisotopic (exact) mass is 303 g/mol. The molecule has 0 aliphatic carbocycles. The molecule has 0 saturated heterocycles. The standard InChI is InChI=1S/C18H25NO3/c1-2-17(20)19-14-10-5-3-4-9-13-18(21)22-15-16-11-7-6-8-12-16/h3,5-8,11-12H,2,4,9-10,13-15H2,1H3,(H,19,20)/b5-3-. The zero-order valence-electron chi connectivity index (χ0n) is 13.2. The molecule has 0 radical (unpaired) electrons. The molecule has 120 valence electrons. The maximum atomic E-state index is 11.6. The van der Waals surface area contributed by atoms with Gasteiger partial charge in [-0.25, -0.2) is 0 Å². The van der Waals surface area contributed by atoms with Crippen molar-refractivity contribution in [2.45, 2.75) is 45.6 Å². The highest BCUT2D eigenvalue weighted by molar-refractivity contribution is 5.75. The molecule has 0 saturated carbocycles. The van der Waals surface area contributed by atoms with Crippen LogP contribution in [-0.2, 0) is 20.9 Å². The number of ether oxygens (including phenoxy) is 1. The summed E-state index contributed by atoms with van der Waals surface area (Å²) in [5.74, 6) is -0.0815. The van der Waals surface area contributed by atoms with E-state index in [2.05, 4.69) is 5.32 Å². The van der Waals surface area contributed by atoms with Crippen molar-refractivity contribution in [1.29, 1.82) is 0 Å². The number of nitrogens with one attached hydrogen (secondary N) is 1. The van der Waals surface area contributed by atoms with Crippen LogP contribution in [0.1, 0.15) is 44.6 Å². The van der Waals surface area contributed by atoms with Crippen molar-refractivity contribution >= 4 is 11.9 Å². The van der Waals surface area contributed by atoms with E-state index in [1.807, 2.05) is 49.4 Å². The van der Waals surface area contributed by atoms with Crippen LogP contribution < -0.4 is 5.32 Å². The van der Waals surface area contributed by atoms with E-state index in [1.54, 1.807) is 0 Å². The average molecular weight is 303 g/mol. The summed E-state index contributed by atoms with van der Waals surface area (Å²) < 4.78 is 5.20. The molecular formula is C18H25NO3. The van der Waals surface area contributed by atoms with Gasteiger partial charge in [0, 0.05) is 19.4 Å². The summed E-state index contributed by atoms with van der Waals surface area (Å²) in [5.41, 5.74) is 1.00. The average Bonchev–Trinajstić information content (AvgIpc) is 2.56. The van der Waals surface area contributed by atoms with Crippen molar-refractivity contribution in [2.75, 3.05) is 6.54 Å². The second-order valence-corrected chi connectivity index (χ2v) is 5.00. The van der Waals surface area contributed by atoms with Gasteiger partial charge in [-0.3, -0.25) is 9.59 Å². The number of allylic oxidation sites excluding steroid dienone is 1. The SMILES string of the molecule is CCC(=O)NCC/C=C\CCCC(=O)OCc1ccccc1. The number of hydrogen-bond donors (Lipinski definition) is 1. The van der Waals surface area contributed by atoms with Crippen LogP contribution in [0.2, 0.25) is 0 Å². The highest BCUT2D eigenvalue weighted by Crippen LogP contribution is 2.04. The van der Waals surface area contributed by atoms with Gasteiger partial charge in [-0.1, -0.05) is 49.4 Å². The summed E-state index contributed by atoms with van der Waals surface area (Å²) in [6.07, 6.45) is 7.49. The van der Waals surface area contributed by atoms with E-state index in [-0.39, 0.29) is 11.9 Å². The van der Waals surface area contributed by atoms with E-state index in [4.69, 9.17) is 4.74 Å². The van der Waals surface area contributed by atoms with Gasteiger partial charge in [-0.05, 0) is 24.8 Å². The minimum Gasteiger partial charge on any atom is -0.461 e. The normalized spacial score (nSPS) is 10.6. The molecule has 1 aromatic carbocycles. The number of esters is 1. The van der Waals surface area contributed by atoms with Crippen molar-refractivity contribution in [1.82, 2.24) is 5.32 Å². The molecule has 0 aromatic heterocycles. The Morgan fingerprint density at radius 3 is 2.59 bits per heavy atom. The van der Waals surface area contributed by atoms with Gasteiger partial charge in [0.15, 0.2) is 0 Å². The lowest BCUT2D eigenvalue weighted by Gasteiger charge is -2.04. The van der Waals surface area contributed by atoms with Crippen LogP contribution in [0.25, 0.3) is 0 Å². The summed E-state index contributed by atoms with van der Waals surface area (Å²) in [5, 5.41) is 2.81. The van der Waals surface area contributed by atoms with Gasteiger partial charge in [0.1, 0.15) is 6.61 Å². The number of hydrogen-bond acceptors (Lipinski definition) is 3. The van der Waals surface area contributed by atoms with E-state index < -0.39 is 0 Å². The van der Waals surface area contributed by atoms with Crippen LogP contribution in [0.3, 0.4) is 0 Å². The van der Waals surface area contributed by atoms with Crippen LogP contribution in [-0.4, -0.2) is 18.4 Å². The number of carbonyl (C=O) groups is 2. The summed E-state index contributed by atoms with van der Waals surface area (Å²) >= 11 is 0. The number of carbonyl (C=O) groups excluding carboxylic acids is 2. The number of amides is 1. The second kappa shape index (κ2) is 11.5. The van der Waals surface area contributed by atoms with Crippen molar-refractivity contribution in [3.8, 4) is 0 Å². The maximum absolute atomic E-state index is 11.6. The Bertz CT molecular complexity index is 468. The van der Waals surface area contributed by atoms with E-state index in [1.165, 1.54) is 0 Å². The van der Waals surface area contributed by atoms with Crippen LogP contribution in [0.15, 0.2) is 42.5 Å². The van der Waals surface area contributed by atoms with Gasteiger partial charge in [0.05, 0.1) is 0 Å². The summed E-state index contributed by atoms with van der Waals surface area (Å²) in [4.78, 5) is 22.6. The van der Waals surface area contributed by atoms with Gasteiger partial charge in [0.25, 0.3) is 0 Å². The zero-order valence-corrected chi connectivity index (χ0v) is 13.2. The lowest BCUT2D eigenvalue weighted by atomic mass is 10.2. The van der Waals surface area contributed by atoms with E-state index in [0.717, 1.165) is 24.8 Å². The van der Waals surface area contributed by atoms with Crippen LogP contribution in [0.4, 0.5) is 0 Å². The third kappa shape index (κ3) is 8.95. The predicted molar refractivity (Wildman–Crippen MR) is 87.1 cm³/mol. The molecule has 22 heavy (non-hydrogen) atoms. The van der Waals surface area contributed by atoms with Crippen LogP contribution in [0.5, 0.6) is 0 Å². The molecule has 0 unspecified atom stereocenters. The molecule has 4 nitrogen and oxygen atoms in total. The molecule has 1 rings (SSSR count). The van der Waals surface area contributed by atoms with Gasteiger partial charge in [0.2, 0.25) is 5.91 Å². The second-order valence-electron chi connectivity index (χ2n) is 5.00. The van der Waals surface area contributed by atoms with E-state index >= 15 is 0 Å². The molecule has 0 spiro atoms. The van der Waals surface area contributed by atoms with Gasteiger partial charge < -0.3 is 10.1 Å². The molecule has 0 aliphatic heterocycles. The fraction of sp³-hybridized carbons (Fsp3) is 0.444. The van der Waals surface area contributed by atoms with Gasteiger partial charge >= 0.3 is 5.97 Å². The Balaban J connectivity index is 1.99. The number of unbranched alkanes of at least 4 members (excludes halogenated alkanes) is 1. The number of rotatable bonds is 10. The first-order chi connectivity index (χ1) is 10.7. The Labute approximate surface area is 132 Å². The molecule has 0 atom stereocenters.